The Balaban J connectivity index is 1.89. The van der Waals surface area contributed by atoms with Crippen molar-refractivity contribution >= 4 is 17.5 Å². The Kier molecular flexibility index (Phi) is 3.68. The number of fused-ring (bicyclic) bond motifs is 1. The maximum absolute atomic E-state index is 13.9. The highest BCUT2D eigenvalue weighted by atomic mass is 35.5. The summed E-state index contributed by atoms with van der Waals surface area (Å²) in [6, 6.07) is 12.2. The lowest BCUT2D eigenvalue weighted by Crippen LogP contribution is -2.30. The SMILES string of the molecule is CN(C(=O)c1ccc(Cl)cc1F)C1CCc2ccccc21. The lowest BCUT2D eigenvalue weighted by molar-refractivity contribution is 0.0726. The zero-order valence-corrected chi connectivity index (χ0v) is 12.4. The Morgan fingerprint density at radius 1 is 1.29 bits per heavy atom. The third-order valence-electron chi connectivity index (χ3n) is 4.05. The van der Waals surface area contributed by atoms with Crippen molar-refractivity contribution in [2.75, 3.05) is 7.05 Å². The van der Waals surface area contributed by atoms with Gasteiger partial charge in [-0.1, -0.05) is 35.9 Å². The van der Waals surface area contributed by atoms with E-state index in [9.17, 15) is 9.18 Å². The van der Waals surface area contributed by atoms with E-state index in [1.807, 2.05) is 18.2 Å². The lowest BCUT2D eigenvalue weighted by atomic mass is 10.1. The van der Waals surface area contributed by atoms with E-state index in [2.05, 4.69) is 6.07 Å². The molecule has 0 spiro atoms. The molecule has 0 aromatic heterocycles. The van der Waals surface area contributed by atoms with Crippen LogP contribution in [0, 0.1) is 5.82 Å². The van der Waals surface area contributed by atoms with Crippen molar-refractivity contribution in [3.8, 4) is 0 Å². The fraction of sp³-hybridized carbons (Fsp3) is 0.235. The summed E-state index contributed by atoms with van der Waals surface area (Å²) < 4.78 is 13.9. The van der Waals surface area contributed by atoms with Crippen molar-refractivity contribution in [1.82, 2.24) is 4.90 Å². The molecule has 108 valence electrons. The second kappa shape index (κ2) is 5.49. The van der Waals surface area contributed by atoms with Gasteiger partial charge >= 0.3 is 0 Å². The van der Waals surface area contributed by atoms with Crippen LogP contribution in [0.4, 0.5) is 4.39 Å². The van der Waals surface area contributed by atoms with Crippen molar-refractivity contribution in [3.63, 3.8) is 0 Å². The van der Waals surface area contributed by atoms with Crippen LogP contribution in [0.15, 0.2) is 42.5 Å². The van der Waals surface area contributed by atoms with Crippen molar-refractivity contribution in [3.05, 3.63) is 70.0 Å². The van der Waals surface area contributed by atoms with E-state index in [-0.39, 0.29) is 22.5 Å². The molecule has 4 heteroatoms. The van der Waals surface area contributed by atoms with Gasteiger partial charge in [-0.25, -0.2) is 4.39 Å². The third kappa shape index (κ3) is 2.54. The Morgan fingerprint density at radius 2 is 2.05 bits per heavy atom. The number of aryl methyl sites for hydroxylation is 1. The van der Waals surface area contributed by atoms with Gasteiger partial charge in [-0.05, 0) is 42.2 Å². The Hall–Kier alpha value is -1.87. The summed E-state index contributed by atoms with van der Waals surface area (Å²) in [6.45, 7) is 0. The van der Waals surface area contributed by atoms with E-state index >= 15 is 0 Å². The van der Waals surface area contributed by atoms with E-state index in [4.69, 9.17) is 11.6 Å². The predicted octanol–water partition coefficient (Wildman–Crippen LogP) is 4.24. The zero-order valence-electron chi connectivity index (χ0n) is 11.6. The molecule has 0 bridgehead atoms. The molecule has 0 N–H and O–H groups in total. The van der Waals surface area contributed by atoms with Crippen LogP contribution >= 0.6 is 11.6 Å². The van der Waals surface area contributed by atoms with Gasteiger partial charge in [-0.15, -0.1) is 0 Å². The molecule has 1 aliphatic rings. The first-order valence-corrected chi connectivity index (χ1v) is 7.25. The molecule has 0 saturated carbocycles. The number of carbonyl (C=O) groups excluding carboxylic acids is 1. The molecule has 2 aromatic rings. The van der Waals surface area contributed by atoms with Crippen LogP contribution < -0.4 is 0 Å². The van der Waals surface area contributed by atoms with Crippen LogP contribution in [0.3, 0.4) is 0 Å². The molecule has 3 rings (SSSR count). The number of carbonyl (C=O) groups is 1. The summed E-state index contributed by atoms with van der Waals surface area (Å²) in [5.41, 5.74) is 2.48. The second-order valence-corrected chi connectivity index (χ2v) is 5.73. The summed E-state index contributed by atoms with van der Waals surface area (Å²) in [5.74, 6) is -0.892. The highest BCUT2D eigenvalue weighted by molar-refractivity contribution is 6.30. The van der Waals surface area contributed by atoms with Crippen molar-refractivity contribution in [2.24, 2.45) is 0 Å². The third-order valence-corrected chi connectivity index (χ3v) is 4.29. The van der Waals surface area contributed by atoms with Gasteiger partial charge in [-0.3, -0.25) is 4.79 Å². The molecule has 1 amide bonds. The van der Waals surface area contributed by atoms with Crippen LogP contribution in [0.2, 0.25) is 5.02 Å². The first-order valence-electron chi connectivity index (χ1n) is 6.88. The highest BCUT2D eigenvalue weighted by Crippen LogP contribution is 2.35. The lowest BCUT2D eigenvalue weighted by Gasteiger charge is -2.25. The molecule has 0 saturated heterocycles. The summed E-state index contributed by atoms with van der Waals surface area (Å²) in [5, 5.41) is 0.290. The van der Waals surface area contributed by atoms with E-state index < -0.39 is 5.82 Å². The normalized spacial score (nSPS) is 16.6. The van der Waals surface area contributed by atoms with Gasteiger partial charge in [0.25, 0.3) is 5.91 Å². The monoisotopic (exact) mass is 303 g/mol. The molecule has 0 heterocycles. The first kappa shape index (κ1) is 14.1. The van der Waals surface area contributed by atoms with Crippen LogP contribution in [0.25, 0.3) is 0 Å². The molecule has 0 fully saturated rings. The predicted molar refractivity (Wildman–Crippen MR) is 81.0 cm³/mol. The highest BCUT2D eigenvalue weighted by Gasteiger charge is 2.29. The molecule has 1 unspecified atom stereocenters. The molecule has 1 atom stereocenters. The van der Waals surface area contributed by atoms with Gasteiger partial charge in [0, 0.05) is 12.1 Å². The van der Waals surface area contributed by atoms with Crippen molar-refractivity contribution in [1.29, 1.82) is 0 Å². The van der Waals surface area contributed by atoms with Gasteiger partial charge in [0.05, 0.1) is 11.6 Å². The average Bonchev–Trinajstić information content (AvgIpc) is 2.90. The van der Waals surface area contributed by atoms with Crippen LogP contribution in [0.5, 0.6) is 0 Å². The number of halogens is 2. The molecule has 0 radical (unpaired) electrons. The Bertz CT molecular complexity index is 701. The van der Waals surface area contributed by atoms with Gasteiger partial charge in [0.2, 0.25) is 0 Å². The molecule has 2 nitrogen and oxygen atoms in total. The van der Waals surface area contributed by atoms with E-state index in [0.29, 0.717) is 0 Å². The largest absolute Gasteiger partial charge is 0.335 e. The topological polar surface area (TPSA) is 20.3 Å². The smallest absolute Gasteiger partial charge is 0.257 e. The number of benzene rings is 2. The van der Waals surface area contributed by atoms with Crippen LogP contribution in [-0.2, 0) is 6.42 Å². The standard InChI is InChI=1S/C17H15ClFNO/c1-20(16-9-6-11-4-2-3-5-13(11)16)17(21)14-8-7-12(18)10-15(14)19/h2-5,7-8,10,16H,6,9H2,1H3. The molecular weight excluding hydrogens is 289 g/mol. The molecule has 1 aliphatic carbocycles. The average molecular weight is 304 g/mol. The second-order valence-electron chi connectivity index (χ2n) is 5.29. The van der Waals surface area contributed by atoms with Gasteiger partial charge in [0.15, 0.2) is 0 Å². The minimum absolute atomic E-state index is 0.00350. The minimum atomic E-state index is -0.578. The number of hydrogen-bond donors (Lipinski definition) is 0. The van der Waals surface area contributed by atoms with Gasteiger partial charge in [0.1, 0.15) is 5.82 Å². The Morgan fingerprint density at radius 3 is 2.81 bits per heavy atom. The number of hydrogen-bond acceptors (Lipinski definition) is 1. The minimum Gasteiger partial charge on any atom is -0.335 e. The fourth-order valence-corrected chi connectivity index (χ4v) is 3.09. The maximum atomic E-state index is 13.9. The maximum Gasteiger partial charge on any atom is 0.257 e. The van der Waals surface area contributed by atoms with Crippen molar-refractivity contribution in [2.45, 2.75) is 18.9 Å². The molecular formula is C17H15ClFNO. The summed E-state index contributed by atoms with van der Waals surface area (Å²) in [7, 11) is 1.73. The van der Waals surface area contributed by atoms with Gasteiger partial charge < -0.3 is 4.90 Å². The van der Waals surface area contributed by atoms with E-state index in [1.54, 1.807) is 11.9 Å². The summed E-state index contributed by atoms with van der Waals surface area (Å²) >= 11 is 5.73. The Labute approximate surface area is 128 Å². The summed E-state index contributed by atoms with van der Waals surface area (Å²) in [4.78, 5) is 14.1. The number of rotatable bonds is 2. The van der Waals surface area contributed by atoms with Crippen LogP contribution in [-0.4, -0.2) is 17.9 Å². The van der Waals surface area contributed by atoms with Crippen molar-refractivity contribution < 1.29 is 9.18 Å². The number of amides is 1. The van der Waals surface area contributed by atoms with E-state index in [0.717, 1.165) is 18.4 Å². The first-order chi connectivity index (χ1) is 10.1. The number of nitrogens with zero attached hydrogens (tertiary/aromatic N) is 1. The van der Waals surface area contributed by atoms with E-state index in [1.165, 1.54) is 23.8 Å². The molecule has 2 aromatic carbocycles. The summed E-state index contributed by atoms with van der Waals surface area (Å²) in [6.07, 6.45) is 1.82. The quantitative estimate of drug-likeness (QED) is 0.812. The molecule has 0 aliphatic heterocycles. The van der Waals surface area contributed by atoms with Gasteiger partial charge in [-0.2, -0.15) is 0 Å². The fourth-order valence-electron chi connectivity index (χ4n) is 2.93. The molecule has 21 heavy (non-hydrogen) atoms. The van der Waals surface area contributed by atoms with Crippen LogP contribution in [0.1, 0.15) is 33.9 Å². The zero-order chi connectivity index (χ0) is 15.0.